The molecule has 2 aromatic rings. The summed E-state index contributed by atoms with van der Waals surface area (Å²) in [5, 5.41) is 0. The summed E-state index contributed by atoms with van der Waals surface area (Å²) in [4.78, 5) is 11.7. The molecular formula is C23H30O3. The average Bonchev–Trinajstić information content (AvgIpc) is 2.65. The fraction of sp³-hybridized carbons (Fsp3) is 0.435. The molecule has 0 atom stereocenters. The Morgan fingerprint density at radius 2 is 1.50 bits per heavy atom. The molecule has 0 aliphatic heterocycles. The summed E-state index contributed by atoms with van der Waals surface area (Å²) in [6.07, 6.45) is 7.44. The molecule has 2 rings (SSSR count). The minimum atomic E-state index is -0.610. The molecule has 26 heavy (non-hydrogen) atoms. The Balaban J connectivity index is 1.47. The fourth-order valence-electron chi connectivity index (χ4n) is 2.89. The highest BCUT2D eigenvalue weighted by molar-refractivity contribution is 5.64. The van der Waals surface area contributed by atoms with Gasteiger partial charge in [0.2, 0.25) is 0 Å². The van der Waals surface area contributed by atoms with Crippen molar-refractivity contribution in [2.24, 2.45) is 0 Å². The van der Waals surface area contributed by atoms with E-state index in [0.717, 1.165) is 30.4 Å². The maximum Gasteiger partial charge on any atom is 0.513 e. The van der Waals surface area contributed by atoms with Crippen molar-refractivity contribution in [2.75, 3.05) is 6.61 Å². The van der Waals surface area contributed by atoms with Crippen LogP contribution in [0, 0.1) is 13.8 Å². The van der Waals surface area contributed by atoms with Gasteiger partial charge in [-0.2, -0.15) is 0 Å². The monoisotopic (exact) mass is 354 g/mol. The van der Waals surface area contributed by atoms with Gasteiger partial charge in [-0.25, -0.2) is 4.79 Å². The normalized spacial score (nSPS) is 10.5. The second-order valence-electron chi connectivity index (χ2n) is 6.76. The molecule has 0 aliphatic rings. The van der Waals surface area contributed by atoms with Crippen molar-refractivity contribution in [3.8, 4) is 5.75 Å². The quantitative estimate of drug-likeness (QED) is 0.281. The van der Waals surface area contributed by atoms with Gasteiger partial charge < -0.3 is 9.47 Å². The lowest BCUT2D eigenvalue weighted by Crippen LogP contribution is -2.12. The number of ether oxygens (including phenoxy) is 2. The van der Waals surface area contributed by atoms with E-state index in [4.69, 9.17) is 9.47 Å². The number of hydrogen-bond acceptors (Lipinski definition) is 3. The maximum atomic E-state index is 11.7. The van der Waals surface area contributed by atoms with E-state index < -0.39 is 6.16 Å². The SMILES string of the molecule is Cc1cccc(OC(=O)OCCCCCCCCc2ccccc2)c1C. The zero-order valence-corrected chi connectivity index (χ0v) is 16.0. The number of unbranched alkanes of at least 4 members (excludes halogenated alkanes) is 5. The number of rotatable bonds is 10. The molecule has 2 aromatic carbocycles. The van der Waals surface area contributed by atoms with E-state index in [9.17, 15) is 4.79 Å². The summed E-state index contributed by atoms with van der Waals surface area (Å²) in [6, 6.07) is 16.3. The lowest BCUT2D eigenvalue weighted by Gasteiger charge is -2.09. The van der Waals surface area contributed by atoms with Crippen LogP contribution >= 0.6 is 0 Å². The van der Waals surface area contributed by atoms with Crippen molar-refractivity contribution in [2.45, 2.75) is 58.8 Å². The summed E-state index contributed by atoms with van der Waals surface area (Å²) in [6.45, 7) is 4.36. The summed E-state index contributed by atoms with van der Waals surface area (Å²) in [5.41, 5.74) is 3.49. The number of hydrogen-bond donors (Lipinski definition) is 0. The standard InChI is InChI=1S/C23H30O3/c1-19-13-12-17-22(20(19)2)26-23(24)25-18-11-6-4-3-5-8-14-21-15-9-7-10-16-21/h7,9-10,12-13,15-17H,3-6,8,11,14,18H2,1-2H3. The Bertz CT molecular complexity index is 664. The Morgan fingerprint density at radius 3 is 2.27 bits per heavy atom. The third-order valence-corrected chi connectivity index (χ3v) is 4.67. The molecule has 3 heteroatoms. The molecule has 0 unspecified atom stereocenters. The zero-order valence-electron chi connectivity index (χ0n) is 16.0. The van der Waals surface area contributed by atoms with Gasteiger partial charge in [0.1, 0.15) is 5.75 Å². The lowest BCUT2D eigenvalue weighted by atomic mass is 10.1. The highest BCUT2D eigenvalue weighted by atomic mass is 16.7. The minimum absolute atomic E-state index is 0.424. The van der Waals surface area contributed by atoms with Crippen LogP contribution in [-0.4, -0.2) is 12.8 Å². The van der Waals surface area contributed by atoms with Crippen LogP contribution in [0.15, 0.2) is 48.5 Å². The van der Waals surface area contributed by atoms with E-state index in [0.29, 0.717) is 12.4 Å². The molecule has 0 fully saturated rings. The van der Waals surface area contributed by atoms with Crippen LogP contribution in [0.25, 0.3) is 0 Å². The van der Waals surface area contributed by atoms with Gasteiger partial charge >= 0.3 is 6.16 Å². The Morgan fingerprint density at radius 1 is 0.808 bits per heavy atom. The van der Waals surface area contributed by atoms with Gasteiger partial charge in [0.05, 0.1) is 6.61 Å². The van der Waals surface area contributed by atoms with Gasteiger partial charge in [0.25, 0.3) is 0 Å². The number of carbonyl (C=O) groups is 1. The minimum Gasteiger partial charge on any atom is -0.434 e. The first-order valence-corrected chi connectivity index (χ1v) is 9.61. The molecule has 0 aromatic heterocycles. The van der Waals surface area contributed by atoms with Crippen LogP contribution in [0.5, 0.6) is 5.75 Å². The second kappa shape index (κ2) is 11.3. The number of aryl methyl sites for hydroxylation is 2. The van der Waals surface area contributed by atoms with Crippen molar-refractivity contribution in [1.29, 1.82) is 0 Å². The van der Waals surface area contributed by atoms with Crippen LogP contribution in [0.3, 0.4) is 0 Å². The van der Waals surface area contributed by atoms with Crippen LogP contribution in [0.2, 0.25) is 0 Å². The number of carbonyl (C=O) groups excluding carboxylic acids is 1. The first kappa shape index (κ1) is 20.0. The molecule has 140 valence electrons. The largest absolute Gasteiger partial charge is 0.513 e. The fourth-order valence-corrected chi connectivity index (χ4v) is 2.89. The Kier molecular flexibility index (Phi) is 8.74. The van der Waals surface area contributed by atoms with Crippen LogP contribution < -0.4 is 4.74 Å². The Hall–Kier alpha value is -2.29. The van der Waals surface area contributed by atoms with Crippen molar-refractivity contribution in [3.05, 3.63) is 65.2 Å². The van der Waals surface area contributed by atoms with E-state index in [2.05, 4.69) is 30.3 Å². The van der Waals surface area contributed by atoms with Gasteiger partial charge in [0, 0.05) is 0 Å². The van der Waals surface area contributed by atoms with E-state index in [-0.39, 0.29) is 0 Å². The molecule has 0 saturated carbocycles. The molecule has 0 spiro atoms. The van der Waals surface area contributed by atoms with Gasteiger partial charge in [-0.3, -0.25) is 0 Å². The summed E-state index contributed by atoms with van der Waals surface area (Å²) >= 11 is 0. The van der Waals surface area contributed by atoms with Gasteiger partial charge in [-0.1, -0.05) is 68.1 Å². The molecule has 0 N–H and O–H groups in total. The third kappa shape index (κ3) is 7.30. The summed E-state index contributed by atoms with van der Waals surface area (Å²) in [5.74, 6) is 0.577. The summed E-state index contributed by atoms with van der Waals surface area (Å²) < 4.78 is 10.4. The summed E-state index contributed by atoms with van der Waals surface area (Å²) in [7, 11) is 0. The molecule has 0 saturated heterocycles. The number of benzene rings is 2. The molecular weight excluding hydrogens is 324 g/mol. The lowest BCUT2D eigenvalue weighted by molar-refractivity contribution is 0.0970. The molecule has 0 radical (unpaired) electrons. The van der Waals surface area contributed by atoms with E-state index in [1.165, 1.54) is 31.2 Å². The Labute approximate surface area is 157 Å². The molecule has 0 aliphatic carbocycles. The van der Waals surface area contributed by atoms with Crippen LogP contribution in [-0.2, 0) is 11.2 Å². The molecule has 0 amide bonds. The van der Waals surface area contributed by atoms with Crippen molar-refractivity contribution < 1.29 is 14.3 Å². The first-order chi connectivity index (χ1) is 12.7. The van der Waals surface area contributed by atoms with Gasteiger partial charge in [-0.15, -0.1) is 0 Å². The van der Waals surface area contributed by atoms with E-state index in [1.54, 1.807) is 6.07 Å². The first-order valence-electron chi connectivity index (χ1n) is 9.61. The highest BCUT2D eigenvalue weighted by Crippen LogP contribution is 2.21. The van der Waals surface area contributed by atoms with E-state index >= 15 is 0 Å². The third-order valence-electron chi connectivity index (χ3n) is 4.67. The smallest absolute Gasteiger partial charge is 0.434 e. The van der Waals surface area contributed by atoms with Crippen LogP contribution in [0.1, 0.15) is 55.2 Å². The topological polar surface area (TPSA) is 35.5 Å². The predicted molar refractivity (Wildman–Crippen MR) is 106 cm³/mol. The van der Waals surface area contributed by atoms with E-state index in [1.807, 2.05) is 26.0 Å². The predicted octanol–water partition coefficient (Wildman–Crippen LogP) is 6.40. The highest BCUT2D eigenvalue weighted by Gasteiger charge is 2.09. The zero-order chi connectivity index (χ0) is 18.6. The molecule has 3 nitrogen and oxygen atoms in total. The van der Waals surface area contributed by atoms with Crippen LogP contribution in [0.4, 0.5) is 4.79 Å². The van der Waals surface area contributed by atoms with Gasteiger partial charge in [0.15, 0.2) is 0 Å². The van der Waals surface area contributed by atoms with Gasteiger partial charge in [-0.05, 0) is 55.9 Å². The average molecular weight is 354 g/mol. The van der Waals surface area contributed by atoms with Crippen molar-refractivity contribution >= 4 is 6.16 Å². The maximum absolute atomic E-state index is 11.7. The molecule has 0 bridgehead atoms. The second-order valence-corrected chi connectivity index (χ2v) is 6.76. The molecule has 0 heterocycles. The van der Waals surface area contributed by atoms with Crippen molar-refractivity contribution in [3.63, 3.8) is 0 Å². The van der Waals surface area contributed by atoms with Crippen molar-refractivity contribution in [1.82, 2.24) is 0 Å².